The second-order valence-corrected chi connectivity index (χ2v) is 7.63. The van der Waals surface area contributed by atoms with Crippen molar-refractivity contribution in [3.8, 4) is 0 Å². The Kier molecular flexibility index (Phi) is 4.76. The number of carbonyl (C=O) groups excluding carboxylic acids is 1. The highest BCUT2D eigenvalue weighted by Crippen LogP contribution is 2.25. The van der Waals surface area contributed by atoms with Crippen LogP contribution in [0.5, 0.6) is 0 Å². The van der Waals surface area contributed by atoms with Gasteiger partial charge in [-0.1, -0.05) is 31.0 Å². The molecule has 1 aliphatic carbocycles. The van der Waals surface area contributed by atoms with Crippen LogP contribution in [0.2, 0.25) is 0 Å². The Hall–Kier alpha value is -2.22. The van der Waals surface area contributed by atoms with Gasteiger partial charge in [-0.2, -0.15) is 0 Å². The lowest BCUT2D eigenvalue weighted by Gasteiger charge is -2.31. The Bertz CT molecular complexity index is 953. The second kappa shape index (κ2) is 7.19. The quantitative estimate of drug-likeness (QED) is 0.708. The first-order chi connectivity index (χ1) is 12.6. The first-order valence-electron chi connectivity index (χ1n) is 8.82. The lowest BCUT2D eigenvalue weighted by Crippen LogP contribution is -2.39. The number of aromatic nitrogens is 4. The Morgan fingerprint density at radius 3 is 2.92 bits per heavy atom. The van der Waals surface area contributed by atoms with Crippen LogP contribution in [-0.2, 0) is 4.79 Å². The maximum atomic E-state index is 13.4. The van der Waals surface area contributed by atoms with E-state index < -0.39 is 0 Å². The number of thioether (sulfide) groups is 1. The number of nitrogens with zero attached hydrogens (tertiary/aromatic N) is 4. The van der Waals surface area contributed by atoms with E-state index in [1.165, 1.54) is 43.2 Å². The van der Waals surface area contributed by atoms with E-state index in [-0.39, 0.29) is 17.5 Å². The smallest absolute Gasteiger partial charge is 0.233 e. The summed E-state index contributed by atoms with van der Waals surface area (Å²) in [4.78, 5) is 21.8. The van der Waals surface area contributed by atoms with Crippen molar-refractivity contribution < 1.29 is 9.18 Å². The van der Waals surface area contributed by atoms with Crippen molar-refractivity contribution in [2.24, 2.45) is 0 Å². The molecule has 2 heterocycles. The number of rotatable bonds is 4. The van der Waals surface area contributed by atoms with Gasteiger partial charge in [0.25, 0.3) is 0 Å². The normalized spacial score (nSPS) is 15.6. The fraction of sp³-hybridized carbons (Fsp3) is 0.444. The van der Waals surface area contributed by atoms with Gasteiger partial charge in [-0.25, -0.2) is 9.37 Å². The molecule has 1 N–H and O–H groups in total. The minimum absolute atomic E-state index is 0.0873. The van der Waals surface area contributed by atoms with Crippen LogP contribution >= 0.6 is 11.8 Å². The fourth-order valence-electron chi connectivity index (χ4n) is 3.49. The zero-order valence-corrected chi connectivity index (χ0v) is 15.4. The van der Waals surface area contributed by atoms with Gasteiger partial charge in [0.1, 0.15) is 11.3 Å². The maximum Gasteiger partial charge on any atom is 0.233 e. The van der Waals surface area contributed by atoms with E-state index in [0.29, 0.717) is 27.7 Å². The lowest BCUT2D eigenvalue weighted by molar-refractivity contribution is -0.129. The van der Waals surface area contributed by atoms with Gasteiger partial charge in [0.05, 0.1) is 5.75 Å². The van der Waals surface area contributed by atoms with Gasteiger partial charge in [-0.05, 0) is 31.0 Å². The molecular formula is C18H20FN5OS. The molecule has 1 fully saturated rings. The predicted molar refractivity (Wildman–Crippen MR) is 99.5 cm³/mol. The molecule has 1 aromatic carbocycles. The SMILES string of the molecule is CN(C(=O)CSc1nnc2c(n1)[nH]c1ccc(F)cc12)C1CCCCC1. The standard InChI is InChI=1S/C18H20FN5OS/c1-24(12-5-3-2-4-6-12)15(25)10-26-18-21-17-16(22-23-18)13-9-11(19)7-8-14(13)20-17/h7-9,12H,2-6,10H2,1H3,(H,20,21,23). The summed E-state index contributed by atoms with van der Waals surface area (Å²) in [5.74, 6) is 0.0500. The summed E-state index contributed by atoms with van der Waals surface area (Å²) in [5.41, 5.74) is 1.85. The van der Waals surface area contributed by atoms with Gasteiger partial charge in [0.2, 0.25) is 11.1 Å². The highest BCUT2D eigenvalue weighted by atomic mass is 32.2. The van der Waals surface area contributed by atoms with Gasteiger partial charge in [0.15, 0.2) is 5.65 Å². The number of halogens is 1. The number of hydrogen-bond donors (Lipinski definition) is 1. The molecule has 8 heteroatoms. The summed E-state index contributed by atoms with van der Waals surface area (Å²) in [5, 5.41) is 9.36. The highest BCUT2D eigenvalue weighted by molar-refractivity contribution is 7.99. The van der Waals surface area contributed by atoms with Gasteiger partial charge in [0, 0.05) is 24.0 Å². The number of nitrogens with one attached hydrogen (secondary N) is 1. The molecule has 1 aliphatic rings. The molecule has 0 bridgehead atoms. The van der Waals surface area contributed by atoms with Crippen LogP contribution in [0.15, 0.2) is 23.4 Å². The molecule has 136 valence electrons. The molecule has 6 nitrogen and oxygen atoms in total. The largest absolute Gasteiger partial charge is 0.342 e. The average molecular weight is 373 g/mol. The number of H-pyrrole nitrogens is 1. The Balaban J connectivity index is 1.47. The van der Waals surface area contributed by atoms with Gasteiger partial charge < -0.3 is 9.88 Å². The third kappa shape index (κ3) is 3.38. The summed E-state index contributed by atoms with van der Waals surface area (Å²) >= 11 is 1.28. The van der Waals surface area contributed by atoms with E-state index in [4.69, 9.17) is 0 Å². The van der Waals surface area contributed by atoms with Gasteiger partial charge in [-0.15, -0.1) is 10.2 Å². The topological polar surface area (TPSA) is 74.8 Å². The molecule has 0 atom stereocenters. The van der Waals surface area contributed by atoms with E-state index >= 15 is 0 Å². The number of hydrogen-bond acceptors (Lipinski definition) is 5. The minimum atomic E-state index is -0.324. The van der Waals surface area contributed by atoms with Crippen LogP contribution in [0.25, 0.3) is 22.1 Å². The van der Waals surface area contributed by atoms with Gasteiger partial charge >= 0.3 is 0 Å². The second-order valence-electron chi connectivity index (χ2n) is 6.69. The first-order valence-corrected chi connectivity index (χ1v) is 9.80. The fourth-order valence-corrected chi connectivity index (χ4v) is 4.20. The molecule has 0 aliphatic heterocycles. The van der Waals surface area contributed by atoms with Crippen LogP contribution in [0.4, 0.5) is 4.39 Å². The number of amides is 1. The Morgan fingerprint density at radius 2 is 2.12 bits per heavy atom. The molecule has 3 aromatic rings. The van der Waals surface area contributed by atoms with Gasteiger partial charge in [-0.3, -0.25) is 4.79 Å². The molecule has 0 saturated heterocycles. The van der Waals surface area contributed by atoms with E-state index in [1.54, 1.807) is 6.07 Å². The van der Waals surface area contributed by atoms with Crippen molar-refractivity contribution in [3.63, 3.8) is 0 Å². The molecule has 1 saturated carbocycles. The predicted octanol–water partition coefficient (Wildman–Crippen LogP) is 3.53. The third-order valence-corrected chi connectivity index (χ3v) is 5.82. The van der Waals surface area contributed by atoms with E-state index in [0.717, 1.165) is 18.4 Å². The number of aromatic amines is 1. The minimum Gasteiger partial charge on any atom is -0.342 e. The number of benzene rings is 1. The summed E-state index contributed by atoms with van der Waals surface area (Å²) < 4.78 is 13.4. The monoisotopic (exact) mass is 373 g/mol. The zero-order chi connectivity index (χ0) is 18.1. The molecule has 0 spiro atoms. The summed E-state index contributed by atoms with van der Waals surface area (Å²) in [6.45, 7) is 0. The number of fused-ring (bicyclic) bond motifs is 3. The summed E-state index contributed by atoms with van der Waals surface area (Å²) in [6.07, 6.45) is 5.83. The Morgan fingerprint density at radius 1 is 1.31 bits per heavy atom. The molecule has 2 aromatic heterocycles. The van der Waals surface area contributed by atoms with Crippen molar-refractivity contribution in [2.75, 3.05) is 12.8 Å². The zero-order valence-electron chi connectivity index (χ0n) is 14.5. The van der Waals surface area contributed by atoms with Crippen LogP contribution in [0.1, 0.15) is 32.1 Å². The van der Waals surface area contributed by atoms with Crippen molar-refractivity contribution in [1.29, 1.82) is 0 Å². The van der Waals surface area contributed by atoms with E-state index in [1.807, 2.05) is 11.9 Å². The van der Waals surface area contributed by atoms with Crippen LogP contribution in [-0.4, -0.2) is 49.8 Å². The summed E-state index contributed by atoms with van der Waals surface area (Å²) in [6, 6.07) is 4.81. The summed E-state index contributed by atoms with van der Waals surface area (Å²) in [7, 11) is 1.88. The first kappa shape index (κ1) is 17.2. The lowest BCUT2D eigenvalue weighted by atomic mass is 9.94. The third-order valence-electron chi connectivity index (χ3n) is 5.00. The maximum absolute atomic E-state index is 13.4. The molecule has 4 rings (SSSR count). The molecular weight excluding hydrogens is 353 g/mol. The van der Waals surface area contributed by atoms with E-state index in [9.17, 15) is 9.18 Å². The van der Waals surface area contributed by atoms with Crippen molar-refractivity contribution in [2.45, 2.75) is 43.3 Å². The highest BCUT2D eigenvalue weighted by Gasteiger charge is 2.22. The van der Waals surface area contributed by atoms with E-state index in [2.05, 4.69) is 20.2 Å². The molecule has 0 unspecified atom stereocenters. The van der Waals surface area contributed by atoms with Crippen molar-refractivity contribution in [3.05, 3.63) is 24.0 Å². The average Bonchev–Trinajstić information content (AvgIpc) is 3.03. The van der Waals surface area contributed by atoms with Crippen LogP contribution in [0, 0.1) is 5.82 Å². The van der Waals surface area contributed by atoms with Crippen LogP contribution in [0.3, 0.4) is 0 Å². The number of carbonyl (C=O) groups is 1. The molecule has 26 heavy (non-hydrogen) atoms. The van der Waals surface area contributed by atoms with Crippen LogP contribution < -0.4 is 0 Å². The molecule has 1 amide bonds. The van der Waals surface area contributed by atoms with Crippen molar-refractivity contribution >= 4 is 39.7 Å². The van der Waals surface area contributed by atoms with Crippen molar-refractivity contribution in [1.82, 2.24) is 25.1 Å². The Labute approximate surface area is 154 Å². The molecule has 0 radical (unpaired) electrons.